The maximum Gasteiger partial charge on any atom is 0.309 e. The third-order valence-electron chi connectivity index (χ3n) is 7.60. The van der Waals surface area contributed by atoms with Crippen LogP contribution in [0.3, 0.4) is 0 Å². The molecule has 3 heterocycles. The number of hydrogen-bond acceptors (Lipinski definition) is 7. The van der Waals surface area contributed by atoms with E-state index in [0.29, 0.717) is 23.6 Å². The molecule has 0 N–H and O–H groups in total. The summed E-state index contributed by atoms with van der Waals surface area (Å²) >= 11 is 6.55. The summed E-state index contributed by atoms with van der Waals surface area (Å²) in [6.45, 7) is 5.85. The molecule has 2 aliphatic heterocycles. The number of carbonyl (C=O) groups excluding carboxylic acids is 1. The Morgan fingerprint density at radius 2 is 1.90 bits per heavy atom. The van der Waals surface area contributed by atoms with Crippen LogP contribution in [0.25, 0.3) is 11.3 Å². The zero-order valence-corrected chi connectivity index (χ0v) is 25.5. The van der Waals surface area contributed by atoms with Gasteiger partial charge in [-0.3, -0.25) is 14.4 Å². The van der Waals surface area contributed by atoms with E-state index in [4.69, 9.17) is 26.2 Å². The molecule has 2 aliphatic rings. The number of aryl methyl sites for hydroxylation is 1. The molecule has 1 aromatic heterocycles. The van der Waals surface area contributed by atoms with Gasteiger partial charge in [-0.05, 0) is 36.2 Å². The van der Waals surface area contributed by atoms with E-state index < -0.39 is 10.0 Å². The molecule has 0 aliphatic carbocycles. The molecule has 0 radical (unpaired) electrons. The van der Waals surface area contributed by atoms with E-state index in [1.165, 1.54) is 17.7 Å². The first kappa shape index (κ1) is 30.3. The van der Waals surface area contributed by atoms with E-state index in [1.807, 2.05) is 36.4 Å². The van der Waals surface area contributed by atoms with Crippen LogP contribution in [0.1, 0.15) is 34.4 Å². The number of methoxy groups -OCH3 is 1. The lowest BCUT2D eigenvalue weighted by Gasteiger charge is -2.27. The third-order valence-corrected chi connectivity index (χ3v) is 9.18. The predicted molar refractivity (Wildman–Crippen MR) is 162 cm³/mol. The topological polar surface area (TPSA) is 94.0 Å². The number of halogens is 1. The van der Waals surface area contributed by atoms with Gasteiger partial charge in [0.25, 0.3) is 0 Å². The van der Waals surface area contributed by atoms with E-state index in [-0.39, 0.29) is 18.9 Å². The van der Waals surface area contributed by atoms with Crippen molar-refractivity contribution in [3.05, 3.63) is 75.4 Å². The average Bonchev–Trinajstić information content (AvgIpc) is 3.35. The van der Waals surface area contributed by atoms with E-state index in [0.717, 1.165) is 79.5 Å². The van der Waals surface area contributed by atoms with Crippen LogP contribution < -0.4 is 0 Å². The van der Waals surface area contributed by atoms with E-state index in [2.05, 4.69) is 21.4 Å². The average molecular weight is 611 g/mol. The van der Waals surface area contributed by atoms with Crippen LogP contribution in [0, 0.1) is 11.8 Å². The number of hydrogen-bond donors (Lipinski definition) is 0. The summed E-state index contributed by atoms with van der Waals surface area (Å²) in [5.74, 6) is 6.01. The van der Waals surface area contributed by atoms with Gasteiger partial charge < -0.3 is 9.47 Å². The molecular formula is C31H35ClN4O5S. The zero-order valence-electron chi connectivity index (χ0n) is 23.9. The summed E-state index contributed by atoms with van der Waals surface area (Å²) in [5.41, 5.74) is 5.80. The Balaban J connectivity index is 1.43. The van der Waals surface area contributed by atoms with Crippen molar-refractivity contribution >= 4 is 27.6 Å². The summed E-state index contributed by atoms with van der Waals surface area (Å²) in [6, 6.07) is 13.1. The number of fused-ring (bicyclic) bond motifs is 1. The molecule has 222 valence electrons. The van der Waals surface area contributed by atoms with Gasteiger partial charge >= 0.3 is 5.97 Å². The van der Waals surface area contributed by atoms with Gasteiger partial charge in [-0.25, -0.2) is 8.42 Å². The van der Waals surface area contributed by atoms with Crippen LogP contribution >= 0.6 is 11.6 Å². The normalized spacial score (nSPS) is 16.0. The molecule has 0 saturated carbocycles. The first-order valence-corrected chi connectivity index (χ1v) is 16.3. The second-order valence-corrected chi connectivity index (χ2v) is 12.9. The summed E-state index contributed by atoms with van der Waals surface area (Å²) in [5, 5.41) is 5.52. The van der Waals surface area contributed by atoms with Crippen LogP contribution in [-0.2, 0) is 50.2 Å². The van der Waals surface area contributed by atoms with Crippen LogP contribution in [-0.4, -0.2) is 86.1 Å². The Hall–Kier alpha value is -3.20. The van der Waals surface area contributed by atoms with Gasteiger partial charge in [0.15, 0.2) is 0 Å². The second kappa shape index (κ2) is 13.4. The monoisotopic (exact) mass is 610 g/mol. The molecule has 2 aromatic carbocycles. The highest BCUT2D eigenvalue weighted by Gasteiger charge is 2.30. The van der Waals surface area contributed by atoms with Gasteiger partial charge in [0.05, 0.1) is 43.7 Å². The SMILES string of the molecule is COC(=O)Cc1cccc(C#Cc2cc(-c3nn(CCCN4CCOCC4)c4c3CN(S(C)(=O)=O)CC4)ccc2Cl)c1. The van der Waals surface area contributed by atoms with Gasteiger partial charge in [-0.2, -0.15) is 9.40 Å². The molecule has 42 heavy (non-hydrogen) atoms. The van der Waals surface area contributed by atoms with Gasteiger partial charge in [0.1, 0.15) is 0 Å². The van der Waals surface area contributed by atoms with Crippen molar-refractivity contribution in [2.45, 2.75) is 32.4 Å². The van der Waals surface area contributed by atoms with Crippen molar-refractivity contribution in [3.63, 3.8) is 0 Å². The summed E-state index contributed by atoms with van der Waals surface area (Å²) in [7, 11) is -1.99. The van der Waals surface area contributed by atoms with Crippen molar-refractivity contribution in [1.29, 1.82) is 0 Å². The van der Waals surface area contributed by atoms with E-state index in [1.54, 1.807) is 6.07 Å². The maximum absolute atomic E-state index is 12.4. The van der Waals surface area contributed by atoms with Crippen LogP contribution in [0.2, 0.25) is 5.02 Å². The Kier molecular flexibility index (Phi) is 9.66. The fourth-order valence-electron chi connectivity index (χ4n) is 5.34. The quantitative estimate of drug-likeness (QED) is 0.285. The molecule has 0 atom stereocenters. The van der Waals surface area contributed by atoms with Gasteiger partial charge in [0.2, 0.25) is 10.0 Å². The summed E-state index contributed by atoms with van der Waals surface area (Å²) in [6.07, 6.45) is 2.97. The molecule has 0 spiro atoms. The fourth-order valence-corrected chi connectivity index (χ4v) is 6.29. The number of rotatable bonds is 8. The Morgan fingerprint density at radius 3 is 2.67 bits per heavy atom. The number of esters is 1. The number of sulfonamides is 1. The molecule has 0 bridgehead atoms. The molecule has 9 nitrogen and oxygen atoms in total. The van der Waals surface area contributed by atoms with Gasteiger partial charge in [0, 0.05) is 73.6 Å². The highest BCUT2D eigenvalue weighted by Crippen LogP contribution is 2.33. The molecular weight excluding hydrogens is 576 g/mol. The lowest BCUT2D eigenvalue weighted by Crippen LogP contribution is -2.37. The molecule has 5 rings (SSSR count). The lowest BCUT2D eigenvalue weighted by atomic mass is 10.0. The lowest BCUT2D eigenvalue weighted by molar-refractivity contribution is -0.139. The number of ether oxygens (including phenoxy) is 2. The van der Waals surface area contributed by atoms with E-state index in [9.17, 15) is 13.2 Å². The predicted octanol–water partition coefficient (Wildman–Crippen LogP) is 3.36. The minimum Gasteiger partial charge on any atom is -0.469 e. The first-order chi connectivity index (χ1) is 20.2. The minimum absolute atomic E-state index is 0.174. The van der Waals surface area contributed by atoms with Crippen molar-refractivity contribution < 1.29 is 22.7 Å². The van der Waals surface area contributed by atoms with Gasteiger partial charge in [-0.15, -0.1) is 0 Å². The highest BCUT2D eigenvalue weighted by molar-refractivity contribution is 7.88. The zero-order chi connectivity index (χ0) is 29.7. The molecule has 1 fully saturated rings. The molecule has 11 heteroatoms. The summed E-state index contributed by atoms with van der Waals surface area (Å²) in [4.78, 5) is 14.1. The number of benzene rings is 2. The summed E-state index contributed by atoms with van der Waals surface area (Å²) < 4.78 is 38.7. The van der Waals surface area contributed by atoms with Crippen molar-refractivity contribution in [1.82, 2.24) is 19.0 Å². The maximum atomic E-state index is 12.4. The fraction of sp³-hybridized carbons (Fsp3) is 0.419. The Bertz CT molecular complexity index is 1620. The molecule has 1 saturated heterocycles. The largest absolute Gasteiger partial charge is 0.469 e. The molecule has 3 aromatic rings. The van der Waals surface area contributed by atoms with Crippen LogP contribution in [0.5, 0.6) is 0 Å². The van der Waals surface area contributed by atoms with Crippen molar-refractivity contribution in [2.24, 2.45) is 0 Å². The molecule has 0 unspecified atom stereocenters. The third kappa shape index (κ3) is 7.41. The van der Waals surface area contributed by atoms with Crippen molar-refractivity contribution in [2.75, 3.05) is 52.8 Å². The van der Waals surface area contributed by atoms with Crippen LogP contribution in [0.15, 0.2) is 42.5 Å². The Labute approximate surface area is 252 Å². The Morgan fingerprint density at radius 1 is 1.10 bits per heavy atom. The first-order valence-electron chi connectivity index (χ1n) is 14.0. The standard InChI is InChI=1S/C31H35ClN4O5S/c1-40-30(37)20-24-6-3-5-23(19-24)7-8-25-21-26(9-10-28(25)32)31-27-22-35(42(2,38)39)14-11-29(27)36(33-31)13-4-12-34-15-17-41-18-16-34/h3,5-6,9-10,19,21H,4,11-18,20,22H2,1-2H3. The van der Waals surface area contributed by atoms with Gasteiger partial charge in [-0.1, -0.05) is 41.6 Å². The number of nitrogens with zero attached hydrogens (tertiary/aromatic N) is 4. The van der Waals surface area contributed by atoms with E-state index >= 15 is 0 Å². The van der Waals surface area contributed by atoms with Crippen molar-refractivity contribution in [3.8, 4) is 23.1 Å². The minimum atomic E-state index is -3.35. The van der Waals surface area contributed by atoms with Crippen LogP contribution in [0.4, 0.5) is 0 Å². The molecule has 0 amide bonds. The number of morpholine rings is 1. The highest BCUT2D eigenvalue weighted by atomic mass is 35.5. The number of carbonyl (C=O) groups is 1. The second-order valence-electron chi connectivity index (χ2n) is 10.5. The number of aromatic nitrogens is 2. The smallest absolute Gasteiger partial charge is 0.309 e.